The molecule has 294 valence electrons. The molecule has 4 aromatic carbocycles. The Balaban J connectivity index is 0.000000281. The molecule has 0 saturated carbocycles. The van der Waals surface area contributed by atoms with E-state index in [0.29, 0.717) is 5.02 Å². The van der Waals surface area contributed by atoms with E-state index in [1.165, 1.54) is 69.8 Å². The first-order valence-corrected chi connectivity index (χ1v) is 21.0. The van der Waals surface area contributed by atoms with E-state index in [0.717, 1.165) is 56.5 Å². The lowest BCUT2D eigenvalue weighted by Gasteiger charge is -2.15. The summed E-state index contributed by atoms with van der Waals surface area (Å²) in [5.74, 6) is 3.71. The third kappa shape index (κ3) is 18.4. The predicted octanol–water partition coefficient (Wildman–Crippen LogP) is 16.2. The highest BCUT2D eigenvalue weighted by Gasteiger charge is 2.16. The van der Waals surface area contributed by atoms with Crippen molar-refractivity contribution in [3.05, 3.63) is 151 Å². The minimum absolute atomic E-state index is 0.159. The normalized spacial score (nSPS) is 13.6. The van der Waals surface area contributed by atoms with E-state index >= 15 is 0 Å². The average Bonchev–Trinajstić information content (AvgIpc) is 3.16. The monoisotopic (exact) mass is 770 g/mol. The number of nitrogens with two attached hydrogens (primary N) is 1. The predicted molar refractivity (Wildman–Crippen MR) is 236 cm³/mol. The number of nitrogens with zero attached hydrogens (tertiary/aromatic N) is 3. The topological polar surface area (TPSA) is 74.8 Å². The summed E-state index contributed by atoms with van der Waals surface area (Å²) in [6.07, 6.45) is 14.3. The van der Waals surface area contributed by atoms with Crippen molar-refractivity contribution in [2.24, 2.45) is 34.5 Å². The first-order valence-electron chi connectivity index (χ1n) is 20.3. The summed E-state index contributed by atoms with van der Waals surface area (Å²) >= 11 is 12.4. The summed E-state index contributed by atoms with van der Waals surface area (Å²) in [7, 11) is 0. The summed E-state index contributed by atoms with van der Waals surface area (Å²) in [5, 5.41) is 5.20. The molecule has 0 bridgehead atoms. The second-order valence-electron chi connectivity index (χ2n) is 15.9. The standard InChI is InChI=1S/C20H42.C14H12ClN3.C14H14ClN/c1-7-18(4)12-9-14-20(6)16-10-15-19(5)13-8-11-17(2)3;1-10-7-8-13(15)12(9-10)14(17-18-16)11-5-3-2-4-6-11;1-10-7-8-13(15)12(9-10)14(16)11-5-3-2-4-6-11/h17-20H,7-16H2,1-6H3;2-9,14H,1H3;2-9,14H,16H2,1H3. The van der Waals surface area contributed by atoms with Crippen molar-refractivity contribution >= 4 is 23.2 Å². The van der Waals surface area contributed by atoms with Crippen molar-refractivity contribution in [3.8, 4) is 0 Å². The van der Waals surface area contributed by atoms with E-state index in [4.69, 9.17) is 34.5 Å². The molecule has 0 saturated heterocycles. The Morgan fingerprint density at radius 2 is 1.02 bits per heavy atom. The summed E-state index contributed by atoms with van der Waals surface area (Å²) in [5.41, 5.74) is 21.0. The molecule has 0 amide bonds. The maximum atomic E-state index is 8.73. The molecule has 6 heteroatoms. The highest BCUT2D eigenvalue weighted by molar-refractivity contribution is 6.31. The van der Waals surface area contributed by atoms with Crippen LogP contribution in [-0.2, 0) is 0 Å². The van der Waals surface area contributed by atoms with Gasteiger partial charge in [0, 0.05) is 15.0 Å². The molecule has 4 aromatic rings. The maximum absolute atomic E-state index is 8.73. The van der Waals surface area contributed by atoms with Crippen LogP contribution < -0.4 is 5.73 Å². The highest BCUT2D eigenvalue weighted by atomic mass is 35.5. The average molecular weight is 772 g/mol. The smallest absolute Gasteiger partial charge is 0.0890 e. The van der Waals surface area contributed by atoms with Crippen LogP contribution in [0.15, 0.2) is 102 Å². The Labute approximate surface area is 338 Å². The molecule has 0 spiro atoms. The number of rotatable bonds is 18. The first-order chi connectivity index (χ1) is 25.9. The Bertz CT molecular complexity index is 1640. The van der Waals surface area contributed by atoms with Crippen molar-refractivity contribution in [2.45, 2.75) is 132 Å². The fraction of sp³-hybridized carbons (Fsp3) is 0.500. The van der Waals surface area contributed by atoms with Gasteiger partial charge in [0.05, 0.1) is 12.1 Å². The van der Waals surface area contributed by atoms with Crippen LogP contribution in [0.1, 0.15) is 151 Å². The van der Waals surface area contributed by atoms with E-state index in [1.54, 1.807) is 0 Å². The van der Waals surface area contributed by atoms with Crippen LogP contribution in [0.4, 0.5) is 0 Å². The third-order valence-electron chi connectivity index (χ3n) is 10.3. The molecule has 0 fully saturated rings. The third-order valence-corrected chi connectivity index (χ3v) is 11.0. The van der Waals surface area contributed by atoms with Crippen LogP contribution in [0, 0.1) is 37.5 Å². The fourth-order valence-electron chi connectivity index (χ4n) is 6.61. The quantitative estimate of drug-likeness (QED) is 0.0610. The second-order valence-corrected chi connectivity index (χ2v) is 16.7. The van der Waals surface area contributed by atoms with Gasteiger partial charge in [-0.2, -0.15) is 0 Å². The van der Waals surface area contributed by atoms with Crippen LogP contribution in [-0.4, -0.2) is 0 Å². The van der Waals surface area contributed by atoms with Gasteiger partial charge in [-0.05, 0) is 77.4 Å². The molecule has 5 atom stereocenters. The van der Waals surface area contributed by atoms with E-state index in [9.17, 15) is 0 Å². The van der Waals surface area contributed by atoms with E-state index in [-0.39, 0.29) is 12.1 Å². The Hall–Kier alpha value is -3.27. The molecule has 0 aliphatic carbocycles. The lowest BCUT2D eigenvalue weighted by molar-refractivity contribution is 0.376. The van der Waals surface area contributed by atoms with Gasteiger partial charge >= 0.3 is 0 Å². The number of benzene rings is 4. The van der Waals surface area contributed by atoms with E-state index in [1.807, 2.05) is 111 Å². The molecule has 54 heavy (non-hydrogen) atoms. The lowest BCUT2D eigenvalue weighted by atomic mass is 9.91. The zero-order valence-electron chi connectivity index (χ0n) is 34.4. The number of hydrogen-bond donors (Lipinski definition) is 1. The van der Waals surface area contributed by atoms with Gasteiger partial charge in [0.15, 0.2) is 0 Å². The summed E-state index contributed by atoms with van der Waals surface area (Å²) < 4.78 is 0. The highest BCUT2D eigenvalue weighted by Crippen LogP contribution is 2.32. The molecule has 0 aliphatic heterocycles. The molecule has 5 unspecified atom stereocenters. The van der Waals surface area contributed by atoms with Gasteiger partial charge in [-0.3, -0.25) is 0 Å². The summed E-state index contributed by atoms with van der Waals surface area (Å²) in [4.78, 5) is 2.93. The largest absolute Gasteiger partial charge is 0.320 e. The number of halogens is 2. The second kappa shape index (κ2) is 26.5. The minimum Gasteiger partial charge on any atom is -0.320 e. The molecule has 4 nitrogen and oxygen atoms in total. The lowest BCUT2D eigenvalue weighted by Crippen LogP contribution is -2.12. The SMILES string of the molecule is CCC(C)CCCC(C)CCCC(C)CCCC(C)C.Cc1ccc(Cl)c(C(N)c2ccccc2)c1.Cc1ccc(Cl)c(C(N=[N+]=[N-])c2ccccc2)c1. The number of aryl methyl sites for hydroxylation is 2. The molecular weight excluding hydrogens is 703 g/mol. The Kier molecular flexibility index (Phi) is 23.0. The van der Waals surface area contributed by atoms with Crippen molar-refractivity contribution in [1.29, 1.82) is 0 Å². The minimum atomic E-state index is -0.386. The molecule has 0 aromatic heterocycles. The first kappa shape index (κ1) is 46.9. The molecular formula is C48H68Cl2N4. The van der Waals surface area contributed by atoms with Gasteiger partial charge < -0.3 is 5.73 Å². The van der Waals surface area contributed by atoms with Gasteiger partial charge in [-0.25, -0.2) is 0 Å². The van der Waals surface area contributed by atoms with Gasteiger partial charge in [0.25, 0.3) is 0 Å². The van der Waals surface area contributed by atoms with Crippen LogP contribution in [0.3, 0.4) is 0 Å². The fourth-order valence-corrected chi connectivity index (χ4v) is 7.06. The van der Waals surface area contributed by atoms with E-state index in [2.05, 4.69) is 51.6 Å². The van der Waals surface area contributed by atoms with Crippen molar-refractivity contribution in [1.82, 2.24) is 0 Å². The number of azide groups is 1. The van der Waals surface area contributed by atoms with Crippen LogP contribution in [0.5, 0.6) is 0 Å². The van der Waals surface area contributed by atoms with E-state index < -0.39 is 0 Å². The Morgan fingerprint density at radius 3 is 1.48 bits per heavy atom. The molecule has 0 heterocycles. The maximum Gasteiger partial charge on any atom is 0.0890 e. The van der Waals surface area contributed by atoms with Gasteiger partial charge in [0.1, 0.15) is 0 Å². The van der Waals surface area contributed by atoms with Gasteiger partial charge in [0.2, 0.25) is 0 Å². The Morgan fingerprint density at radius 1 is 0.593 bits per heavy atom. The molecule has 2 N–H and O–H groups in total. The van der Waals surface area contributed by atoms with Gasteiger partial charge in [-0.15, -0.1) is 0 Å². The summed E-state index contributed by atoms with van der Waals surface area (Å²) in [6.45, 7) is 18.3. The van der Waals surface area contributed by atoms with Crippen LogP contribution in [0.2, 0.25) is 10.0 Å². The summed E-state index contributed by atoms with van der Waals surface area (Å²) in [6, 6.07) is 30.7. The van der Waals surface area contributed by atoms with Crippen molar-refractivity contribution < 1.29 is 0 Å². The molecule has 0 radical (unpaired) electrons. The van der Waals surface area contributed by atoms with Crippen molar-refractivity contribution in [3.63, 3.8) is 0 Å². The number of hydrogen-bond acceptors (Lipinski definition) is 2. The van der Waals surface area contributed by atoms with Crippen molar-refractivity contribution in [2.75, 3.05) is 0 Å². The zero-order valence-corrected chi connectivity index (χ0v) is 36.0. The molecule has 0 aliphatic rings. The zero-order chi connectivity index (χ0) is 39.9. The molecule has 4 rings (SSSR count). The van der Waals surface area contributed by atoms with Gasteiger partial charge in [-0.1, -0.05) is 230 Å². The van der Waals surface area contributed by atoms with Crippen LogP contribution >= 0.6 is 23.2 Å². The van der Waals surface area contributed by atoms with Crippen LogP contribution in [0.25, 0.3) is 10.4 Å².